The highest BCUT2D eigenvalue weighted by atomic mass is 32.2. The zero-order chi connectivity index (χ0) is 22.2. The zero-order valence-corrected chi connectivity index (χ0v) is 16.7. The van der Waals surface area contributed by atoms with E-state index in [1.54, 1.807) is 36.4 Å². The van der Waals surface area contributed by atoms with E-state index in [2.05, 4.69) is 4.98 Å². The Balaban J connectivity index is 1.75. The third-order valence-electron chi connectivity index (χ3n) is 4.71. The molecule has 0 radical (unpaired) electrons. The minimum atomic E-state index is -4.78. The first-order valence-electron chi connectivity index (χ1n) is 9.12. The van der Waals surface area contributed by atoms with Gasteiger partial charge in [0.05, 0.1) is 23.6 Å². The van der Waals surface area contributed by atoms with Gasteiger partial charge in [0.15, 0.2) is 0 Å². The van der Waals surface area contributed by atoms with E-state index in [1.807, 2.05) is 18.2 Å². The van der Waals surface area contributed by atoms with E-state index in [1.165, 1.54) is 6.07 Å². The molecule has 0 saturated carbocycles. The quantitative estimate of drug-likeness (QED) is 0.489. The predicted octanol–water partition coefficient (Wildman–Crippen LogP) is 3.19. The molecule has 31 heavy (non-hydrogen) atoms. The van der Waals surface area contributed by atoms with Crippen LogP contribution in [0.3, 0.4) is 0 Å². The molecule has 4 rings (SSSR count). The summed E-state index contributed by atoms with van der Waals surface area (Å²) in [6.45, 7) is -0.640. The largest absolute Gasteiger partial charge is 0.478 e. The van der Waals surface area contributed by atoms with E-state index < -0.39 is 34.2 Å². The number of carboxylic acid groups (broad SMARTS) is 1. The van der Waals surface area contributed by atoms with Crippen LogP contribution in [-0.4, -0.2) is 40.7 Å². The smallest absolute Gasteiger partial charge is 0.336 e. The molecular formula is C21H17NO8S. The number of nitrogens with zero attached hydrogens (tertiary/aromatic N) is 1. The van der Waals surface area contributed by atoms with Crippen LogP contribution in [0.25, 0.3) is 11.3 Å². The van der Waals surface area contributed by atoms with Crippen molar-refractivity contribution in [2.75, 3.05) is 6.61 Å². The molecule has 0 amide bonds. The Hall–Kier alpha value is -3.31. The Morgan fingerprint density at radius 3 is 2.29 bits per heavy atom. The van der Waals surface area contributed by atoms with E-state index in [4.69, 9.17) is 9.47 Å². The van der Waals surface area contributed by atoms with E-state index >= 15 is 0 Å². The number of fused-ring (bicyclic) bond motifs is 1. The number of aliphatic hydroxyl groups excluding tert-OH is 1. The molecule has 0 spiro atoms. The second kappa shape index (κ2) is 8.08. The minimum Gasteiger partial charge on any atom is -0.478 e. The highest BCUT2D eigenvalue weighted by Crippen LogP contribution is 2.43. The second-order valence-electron chi connectivity index (χ2n) is 6.75. The molecule has 3 aromatic rings. The number of carbonyl (C=O) groups is 1. The molecule has 0 bridgehead atoms. The van der Waals surface area contributed by atoms with Crippen molar-refractivity contribution in [3.8, 4) is 22.8 Å². The van der Waals surface area contributed by atoms with Crippen LogP contribution in [0, 0.1) is 0 Å². The molecule has 2 aromatic carbocycles. The van der Waals surface area contributed by atoms with Gasteiger partial charge < -0.3 is 19.7 Å². The normalized spacial score (nSPS) is 17.9. The molecule has 3 N–H and O–H groups in total. The maximum absolute atomic E-state index is 11.8. The van der Waals surface area contributed by atoms with Crippen molar-refractivity contribution in [1.29, 1.82) is 0 Å². The van der Waals surface area contributed by atoms with Gasteiger partial charge in [0, 0.05) is 11.1 Å². The fourth-order valence-electron chi connectivity index (χ4n) is 3.34. The number of carboxylic acids is 1. The summed E-state index contributed by atoms with van der Waals surface area (Å²) in [6, 6.07) is 17.0. The molecule has 2 unspecified atom stereocenters. The number of benzene rings is 2. The van der Waals surface area contributed by atoms with Gasteiger partial charge >= 0.3 is 5.97 Å². The molecule has 10 heteroatoms. The van der Waals surface area contributed by atoms with Crippen LogP contribution in [0.1, 0.15) is 33.2 Å². The van der Waals surface area contributed by atoms with Gasteiger partial charge in [0.25, 0.3) is 10.1 Å². The molecule has 1 aliphatic heterocycles. The summed E-state index contributed by atoms with van der Waals surface area (Å²) in [7, 11) is -4.78. The molecule has 1 aromatic heterocycles. The van der Waals surface area contributed by atoms with Crippen molar-refractivity contribution < 1.29 is 37.5 Å². The molecule has 2 heterocycles. The Morgan fingerprint density at radius 1 is 1.06 bits per heavy atom. The average Bonchev–Trinajstić information content (AvgIpc) is 3.13. The van der Waals surface area contributed by atoms with Crippen molar-refractivity contribution >= 4 is 16.1 Å². The van der Waals surface area contributed by atoms with Gasteiger partial charge in [0.1, 0.15) is 17.6 Å². The number of pyridine rings is 1. The Kier molecular flexibility index (Phi) is 5.46. The average molecular weight is 443 g/mol. The van der Waals surface area contributed by atoms with Crippen LogP contribution >= 0.6 is 0 Å². The van der Waals surface area contributed by atoms with Crippen LogP contribution in [0.15, 0.2) is 60.7 Å². The SMILES string of the molecule is O=C(O)c1cc(-c2ccc(Oc3ccccc3)cc2)nc2c1C(S(=O)(=O)O)OC2CO. The van der Waals surface area contributed by atoms with Crippen molar-refractivity contribution in [1.82, 2.24) is 4.98 Å². The van der Waals surface area contributed by atoms with Crippen LogP contribution in [-0.2, 0) is 14.9 Å². The summed E-state index contributed by atoms with van der Waals surface area (Å²) in [6.07, 6.45) is -1.19. The third kappa shape index (κ3) is 4.14. The van der Waals surface area contributed by atoms with E-state index in [-0.39, 0.29) is 22.5 Å². The number of hydrogen-bond acceptors (Lipinski definition) is 7. The summed E-state index contributed by atoms with van der Waals surface area (Å²) >= 11 is 0. The fourth-order valence-corrected chi connectivity index (χ4v) is 4.16. The maximum Gasteiger partial charge on any atom is 0.336 e. The van der Waals surface area contributed by atoms with Gasteiger partial charge in [-0.2, -0.15) is 8.42 Å². The Bertz CT molecular complexity index is 1230. The summed E-state index contributed by atoms with van der Waals surface area (Å²) < 4.78 is 43.7. The molecule has 0 aliphatic carbocycles. The molecule has 1 aliphatic rings. The van der Waals surface area contributed by atoms with Gasteiger partial charge in [-0.3, -0.25) is 4.55 Å². The van der Waals surface area contributed by atoms with Gasteiger partial charge in [-0.05, 0) is 42.5 Å². The first-order chi connectivity index (χ1) is 14.8. The highest BCUT2D eigenvalue weighted by molar-refractivity contribution is 7.85. The lowest BCUT2D eigenvalue weighted by Crippen LogP contribution is -2.15. The molecule has 160 valence electrons. The van der Waals surface area contributed by atoms with Crippen molar-refractivity contribution in [3.63, 3.8) is 0 Å². The van der Waals surface area contributed by atoms with Gasteiger partial charge in [-0.25, -0.2) is 9.78 Å². The minimum absolute atomic E-state index is 0.0513. The maximum atomic E-state index is 11.8. The number of aromatic nitrogens is 1. The number of ether oxygens (including phenoxy) is 2. The van der Waals surface area contributed by atoms with E-state index in [9.17, 15) is 28.0 Å². The second-order valence-corrected chi connectivity index (χ2v) is 8.21. The summed E-state index contributed by atoms with van der Waals surface area (Å²) in [5, 5.41) is 19.2. The number of hydrogen-bond donors (Lipinski definition) is 3. The molecule has 2 atom stereocenters. The van der Waals surface area contributed by atoms with Crippen LogP contribution in [0.2, 0.25) is 0 Å². The lowest BCUT2D eigenvalue weighted by molar-refractivity contribution is 0.0102. The van der Waals surface area contributed by atoms with Crippen molar-refractivity contribution in [2.45, 2.75) is 11.5 Å². The molecular weight excluding hydrogens is 426 g/mol. The number of para-hydroxylation sites is 1. The van der Waals surface area contributed by atoms with E-state index in [0.717, 1.165) is 0 Å². The standard InChI is InChI=1S/C21H17NO8S/c23-11-17-19-18(21(30-17)31(26,27)28)15(20(24)25)10-16(22-19)12-6-8-14(9-7-12)29-13-4-2-1-3-5-13/h1-10,17,21,23H,11H2,(H,24,25)(H,26,27,28). The monoisotopic (exact) mass is 443 g/mol. The predicted molar refractivity (Wildman–Crippen MR) is 108 cm³/mol. The summed E-state index contributed by atoms with van der Waals surface area (Å²) in [4.78, 5) is 16.2. The number of aliphatic hydroxyl groups is 1. The topological polar surface area (TPSA) is 143 Å². The van der Waals surface area contributed by atoms with Crippen LogP contribution in [0.4, 0.5) is 0 Å². The van der Waals surface area contributed by atoms with Gasteiger partial charge in [-0.15, -0.1) is 0 Å². The van der Waals surface area contributed by atoms with E-state index in [0.29, 0.717) is 17.1 Å². The van der Waals surface area contributed by atoms with Crippen LogP contribution < -0.4 is 4.74 Å². The van der Waals surface area contributed by atoms with Crippen molar-refractivity contribution in [2.24, 2.45) is 0 Å². The Morgan fingerprint density at radius 2 is 1.71 bits per heavy atom. The third-order valence-corrected chi connectivity index (χ3v) is 5.60. The van der Waals surface area contributed by atoms with Gasteiger partial charge in [-0.1, -0.05) is 18.2 Å². The number of rotatable bonds is 6. The lowest BCUT2D eigenvalue weighted by atomic mass is 10.0. The molecule has 0 saturated heterocycles. The Labute approximate surface area is 177 Å². The van der Waals surface area contributed by atoms with Gasteiger partial charge in [0.2, 0.25) is 5.44 Å². The summed E-state index contributed by atoms with van der Waals surface area (Å²) in [5.74, 6) is -0.212. The molecule has 0 fully saturated rings. The first kappa shape index (κ1) is 20.9. The van der Waals surface area contributed by atoms with Crippen LogP contribution in [0.5, 0.6) is 11.5 Å². The zero-order valence-electron chi connectivity index (χ0n) is 15.9. The fraction of sp³-hybridized carbons (Fsp3) is 0.143. The summed E-state index contributed by atoms with van der Waals surface area (Å²) in [5.41, 5.74) is -1.89. The lowest BCUT2D eigenvalue weighted by Gasteiger charge is -2.12. The first-order valence-corrected chi connectivity index (χ1v) is 10.6. The highest BCUT2D eigenvalue weighted by Gasteiger charge is 2.43. The number of aromatic carboxylic acids is 1. The van der Waals surface area contributed by atoms with Crippen molar-refractivity contribution in [3.05, 3.63) is 77.5 Å². The molecule has 9 nitrogen and oxygen atoms in total.